The van der Waals surface area contributed by atoms with E-state index in [-0.39, 0.29) is 0 Å². The van der Waals surface area contributed by atoms with Gasteiger partial charge in [-0.1, -0.05) is 41.9 Å². The molecule has 0 heterocycles. The molecule has 2 N–H and O–H groups in total. The molecule has 1 aromatic carbocycles. The van der Waals surface area contributed by atoms with Crippen molar-refractivity contribution in [3.05, 3.63) is 34.3 Å². The maximum atomic E-state index is 11.5. The molecule has 1 fully saturated rings. The molecule has 0 bridgehead atoms. The van der Waals surface area contributed by atoms with E-state index in [1.165, 1.54) is 5.56 Å². The van der Waals surface area contributed by atoms with Crippen LogP contribution in [0, 0.1) is 5.41 Å². The SMILES string of the molecule is CCC(CC)(CNC1CC(c2cccc(Br)c2)C1)C(=O)O. The zero-order chi connectivity index (χ0) is 15.5. The van der Waals surface area contributed by atoms with E-state index in [2.05, 4.69) is 39.4 Å². The molecule has 1 aromatic rings. The van der Waals surface area contributed by atoms with Gasteiger partial charge in [0.25, 0.3) is 0 Å². The van der Waals surface area contributed by atoms with Crippen LogP contribution >= 0.6 is 15.9 Å². The second-order valence-electron chi connectivity index (χ2n) is 6.09. The highest BCUT2D eigenvalue weighted by atomic mass is 79.9. The lowest BCUT2D eigenvalue weighted by molar-refractivity contribution is -0.149. The first-order valence-corrected chi connectivity index (χ1v) is 8.52. The van der Waals surface area contributed by atoms with Gasteiger partial charge in [0.15, 0.2) is 0 Å². The van der Waals surface area contributed by atoms with Crippen molar-refractivity contribution in [2.45, 2.75) is 51.5 Å². The summed E-state index contributed by atoms with van der Waals surface area (Å²) >= 11 is 3.51. The number of carboxylic acids is 1. The quantitative estimate of drug-likeness (QED) is 0.772. The number of hydrogen-bond acceptors (Lipinski definition) is 2. The van der Waals surface area contributed by atoms with Crippen molar-refractivity contribution >= 4 is 21.9 Å². The van der Waals surface area contributed by atoms with Gasteiger partial charge in [0, 0.05) is 17.1 Å². The van der Waals surface area contributed by atoms with Crippen molar-refractivity contribution in [3.8, 4) is 0 Å². The molecule has 4 heteroatoms. The molecule has 1 saturated carbocycles. The number of halogens is 1. The molecule has 1 aliphatic carbocycles. The third kappa shape index (κ3) is 3.67. The van der Waals surface area contributed by atoms with E-state index >= 15 is 0 Å². The Morgan fingerprint density at radius 1 is 1.38 bits per heavy atom. The Kier molecular flexibility index (Phi) is 5.44. The van der Waals surface area contributed by atoms with Crippen LogP contribution in [0.1, 0.15) is 51.0 Å². The maximum Gasteiger partial charge on any atom is 0.310 e. The van der Waals surface area contributed by atoms with Crippen LogP contribution in [0.25, 0.3) is 0 Å². The minimum absolute atomic E-state index is 0.450. The van der Waals surface area contributed by atoms with E-state index in [9.17, 15) is 9.90 Å². The molecule has 1 aliphatic rings. The van der Waals surface area contributed by atoms with Crippen LogP contribution in [0.4, 0.5) is 0 Å². The van der Waals surface area contributed by atoms with Crippen LogP contribution in [-0.4, -0.2) is 23.7 Å². The number of rotatable bonds is 7. The van der Waals surface area contributed by atoms with Gasteiger partial charge in [-0.3, -0.25) is 4.79 Å². The summed E-state index contributed by atoms with van der Waals surface area (Å²) in [7, 11) is 0. The molecule has 0 radical (unpaired) electrons. The van der Waals surface area contributed by atoms with Crippen LogP contribution in [0.15, 0.2) is 28.7 Å². The number of carbonyl (C=O) groups is 1. The molecule has 21 heavy (non-hydrogen) atoms. The Hall–Kier alpha value is -0.870. The normalized spacial score (nSPS) is 21.9. The first-order valence-electron chi connectivity index (χ1n) is 7.73. The highest BCUT2D eigenvalue weighted by Gasteiger charge is 2.37. The molecular weight excluding hydrogens is 330 g/mol. The van der Waals surface area contributed by atoms with Gasteiger partial charge < -0.3 is 10.4 Å². The average Bonchev–Trinajstić information content (AvgIpc) is 2.41. The van der Waals surface area contributed by atoms with Crippen molar-refractivity contribution in [3.63, 3.8) is 0 Å². The summed E-state index contributed by atoms with van der Waals surface area (Å²) < 4.78 is 1.12. The Balaban J connectivity index is 1.84. The lowest BCUT2D eigenvalue weighted by atomic mass is 9.75. The summed E-state index contributed by atoms with van der Waals surface area (Å²) in [6.07, 6.45) is 3.54. The highest BCUT2D eigenvalue weighted by molar-refractivity contribution is 9.10. The third-order valence-electron chi connectivity index (χ3n) is 4.99. The van der Waals surface area contributed by atoms with E-state index in [0.717, 1.165) is 17.3 Å². The van der Waals surface area contributed by atoms with Crippen LogP contribution in [-0.2, 0) is 4.79 Å². The van der Waals surface area contributed by atoms with Gasteiger partial charge in [-0.05, 0) is 49.3 Å². The van der Waals surface area contributed by atoms with E-state index in [0.29, 0.717) is 31.3 Å². The van der Waals surface area contributed by atoms with Gasteiger partial charge >= 0.3 is 5.97 Å². The molecule has 3 nitrogen and oxygen atoms in total. The van der Waals surface area contributed by atoms with E-state index < -0.39 is 11.4 Å². The molecule has 0 atom stereocenters. The molecule has 0 saturated heterocycles. The summed E-state index contributed by atoms with van der Waals surface area (Å²) in [4.78, 5) is 11.5. The third-order valence-corrected chi connectivity index (χ3v) is 5.49. The van der Waals surface area contributed by atoms with Crippen molar-refractivity contribution in [2.75, 3.05) is 6.54 Å². The predicted molar refractivity (Wildman–Crippen MR) is 88.6 cm³/mol. The lowest BCUT2D eigenvalue weighted by Crippen LogP contribution is -2.48. The Labute approximate surface area is 135 Å². The molecule has 0 aliphatic heterocycles. The van der Waals surface area contributed by atoms with Crippen LogP contribution < -0.4 is 5.32 Å². The fraction of sp³-hybridized carbons (Fsp3) is 0.588. The zero-order valence-corrected chi connectivity index (χ0v) is 14.3. The van der Waals surface area contributed by atoms with Gasteiger partial charge in [-0.25, -0.2) is 0 Å². The largest absolute Gasteiger partial charge is 0.481 e. The Morgan fingerprint density at radius 3 is 2.57 bits per heavy atom. The second-order valence-corrected chi connectivity index (χ2v) is 7.01. The fourth-order valence-corrected chi connectivity index (χ4v) is 3.45. The van der Waals surface area contributed by atoms with Crippen molar-refractivity contribution in [1.29, 1.82) is 0 Å². The fourth-order valence-electron chi connectivity index (χ4n) is 3.03. The number of hydrogen-bond donors (Lipinski definition) is 2. The first-order chi connectivity index (χ1) is 10.0. The molecular formula is C17H24BrNO2. The number of benzene rings is 1. The Morgan fingerprint density at radius 2 is 2.05 bits per heavy atom. The van der Waals surface area contributed by atoms with Gasteiger partial charge in [-0.15, -0.1) is 0 Å². The summed E-state index contributed by atoms with van der Waals surface area (Å²) in [6, 6.07) is 8.92. The highest BCUT2D eigenvalue weighted by Crippen LogP contribution is 2.38. The Bertz CT molecular complexity index is 493. The van der Waals surface area contributed by atoms with Crippen molar-refractivity contribution in [2.24, 2.45) is 5.41 Å². The topological polar surface area (TPSA) is 49.3 Å². The molecule has 0 unspecified atom stereocenters. The molecule has 116 valence electrons. The van der Waals surface area contributed by atoms with Gasteiger partial charge in [-0.2, -0.15) is 0 Å². The van der Waals surface area contributed by atoms with E-state index in [1.807, 2.05) is 19.9 Å². The van der Waals surface area contributed by atoms with Crippen molar-refractivity contribution in [1.82, 2.24) is 5.32 Å². The number of nitrogens with one attached hydrogen (secondary N) is 1. The summed E-state index contributed by atoms with van der Waals surface area (Å²) in [5.74, 6) is -0.0784. The van der Waals surface area contributed by atoms with Gasteiger partial charge in [0.1, 0.15) is 0 Å². The van der Waals surface area contributed by atoms with Crippen LogP contribution in [0.3, 0.4) is 0 Å². The first kappa shape index (κ1) is 16.5. The van der Waals surface area contributed by atoms with Crippen molar-refractivity contribution < 1.29 is 9.90 Å². The monoisotopic (exact) mass is 353 g/mol. The molecule has 2 rings (SSSR count). The number of aliphatic carboxylic acids is 1. The molecule has 0 amide bonds. The van der Waals surface area contributed by atoms with Crippen LogP contribution in [0.2, 0.25) is 0 Å². The minimum atomic E-state index is -0.678. The standard InChI is InChI=1S/C17H24BrNO2/c1-3-17(4-2,16(20)21)11-19-15-9-13(10-15)12-6-5-7-14(18)8-12/h5-8,13,15,19H,3-4,9-11H2,1-2H3,(H,20,21). The zero-order valence-electron chi connectivity index (χ0n) is 12.7. The average molecular weight is 354 g/mol. The van der Waals surface area contributed by atoms with Gasteiger partial charge in [0.2, 0.25) is 0 Å². The lowest BCUT2D eigenvalue weighted by Gasteiger charge is -2.39. The molecule has 0 aromatic heterocycles. The maximum absolute atomic E-state index is 11.5. The smallest absolute Gasteiger partial charge is 0.310 e. The summed E-state index contributed by atoms with van der Waals surface area (Å²) in [5.41, 5.74) is 0.763. The minimum Gasteiger partial charge on any atom is -0.481 e. The summed E-state index contributed by atoms with van der Waals surface area (Å²) in [5, 5.41) is 12.9. The van der Waals surface area contributed by atoms with Gasteiger partial charge in [0.05, 0.1) is 5.41 Å². The number of carboxylic acid groups (broad SMARTS) is 1. The van der Waals surface area contributed by atoms with Crippen LogP contribution in [0.5, 0.6) is 0 Å². The van der Waals surface area contributed by atoms with E-state index in [4.69, 9.17) is 0 Å². The summed E-state index contributed by atoms with van der Waals surface area (Å²) in [6.45, 7) is 4.50. The predicted octanol–water partition coefficient (Wildman–Crippen LogP) is 4.18. The van der Waals surface area contributed by atoms with E-state index in [1.54, 1.807) is 0 Å². The second kappa shape index (κ2) is 6.93. The molecule has 0 spiro atoms.